The molecule has 0 bridgehead atoms. The molecule has 0 aliphatic heterocycles. The summed E-state index contributed by atoms with van der Waals surface area (Å²) >= 11 is 1.27. The van der Waals surface area contributed by atoms with Crippen LogP contribution in [0.5, 0.6) is 0 Å². The average molecular weight is 283 g/mol. The van der Waals surface area contributed by atoms with Gasteiger partial charge in [0.05, 0.1) is 5.69 Å². The SMILES string of the molecule is COC(OC)c1cc(F)ccc1N=C(NC#N)SC. The summed E-state index contributed by atoms with van der Waals surface area (Å²) in [4.78, 5) is 4.24. The minimum atomic E-state index is -0.723. The molecule has 1 N–H and O–H groups in total. The van der Waals surface area contributed by atoms with Crippen molar-refractivity contribution in [1.29, 1.82) is 5.26 Å². The van der Waals surface area contributed by atoms with E-state index < -0.39 is 12.1 Å². The molecule has 0 radical (unpaired) electrons. The van der Waals surface area contributed by atoms with E-state index in [0.717, 1.165) is 0 Å². The number of methoxy groups -OCH3 is 2. The third-order valence-electron chi connectivity index (χ3n) is 2.25. The highest BCUT2D eigenvalue weighted by molar-refractivity contribution is 8.13. The van der Waals surface area contributed by atoms with Gasteiger partial charge in [-0.15, -0.1) is 0 Å². The Morgan fingerprint density at radius 2 is 2.16 bits per heavy atom. The van der Waals surface area contributed by atoms with Crippen LogP contribution in [0.25, 0.3) is 0 Å². The van der Waals surface area contributed by atoms with Crippen LogP contribution >= 0.6 is 11.8 Å². The van der Waals surface area contributed by atoms with Crippen LogP contribution in [0.4, 0.5) is 10.1 Å². The molecule has 0 saturated heterocycles. The van der Waals surface area contributed by atoms with Crippen molar-refractivity contribution in [3.63, 3.8) is 0 Å². The molecule has 0 atom stereocenters. The van der Waals surface area contributed by atoms with Gasteiger partial charge in [0.25, 0.3) is 0 Å². The lowest BCUT2D eigenvalue weighted by atomic mass is 10.1. The predicted octanol–water partition coefficient (Wildman–Crippen LogP) is 2.54. The number of nitrogens with one attached hydrogen (secondary N) is 1. The van der Waals surface area contributed by atoms with Gasteiger partial charge in [0.1, 0.15) is 5.82 Å². The Balaban J connectivity index is 3.23. The van der Waals surface area contributed by atoms with Crippen molar-refractivity contribution in [2.75, 3.05) is 20.5 Å². The zero-order valence-electron chi connectivity index (χ0n) is 10.8. The Bertz CT molecular complexity index is 498. The average Bonchev–Trinajstić information content (AvgIpc) is 2.42. The second-order valence-corrected chi connectivity index (χ2v) is 4.16. The van der Waals surface area contributed by atoms with Crippen LogP contribution in [0.3, 0.4) is 0 Å². The van der Waals surface area contributed by atoms with E-state index in [9.17, 15) is 4.39 Å². The van der Waals surface area contributed by atoms with Crippen molar-refractivity contribution in [3.8, 4) is 6.19 Å². The maximum absolute atomic E-state index is 13.3. The molecular weight excluding hydrogens is 269 g/mol. The number of nitrogens with zero attached hydrogens (tertiary/aromatic N) is 2. The Labute approximate surface area is 115 Å². The summed E-state index contributed by atoms with van der Waals surface area (Å²) in [5.74, 6) is -0.410. The topological polar surface area (TPSA) is 66.6 Å². The van der Waals surface area contributed by atoms with Gasteiger partial charge in [-0.2, -0.15) is 5.26 Å². The van der Waals surface area contributed by atoms with E-state index in [1.165, 1.54) is 44.2 Å². The molecule has 0 aliphatic carbocycles. The zero-order chi connectivity index (χ0) is 14.3. The summed E-state index contributed by atoms with van der Waals surface area (Å²) in [6.45, 7) is 0. The summed E-state index contributed by atoms with van der Waals surface area (Å²) < 4.78 is 23.5. The van der Waals surface area contributed by atoms with Gasteiger partial charge in [-0.25, -0.2) is 9.38 Å². The van der Waals surface area contributed by atoms with Gasteiger partial charge in [-0.3, -0.25) is 5.32 Å². The summed E-state index contributed by atoms with van der Waals surface area (Å²) in [5, 5.41) is 11.4. The van der Waals surface area contributed by atoms with Crippen LogP contribution in [0, 0.1) is 17.3 Å². The van der Waals surface area contributed by atoms with E-state index >= 15 is 0 Å². The van der Waals surface area contributed by atoms with Crippen molar-refractivity contribution in [1.82, 2.24) is 5.32 Å². The molecule has 0 aromatic heterocycles. The number of hydrogen-bond acceptors (Lipinski definition) is 5. The number of halogens is 1. The van der Waals surface area contributed by atoms with Gasteiger partial charge in [0.2, 0.25) is 0 Å². The number of aliphatic imine (C=N–C) groups is 1. The van der Waals surface area contributed by atoms with Gasteiger partial charge < -0.3 is 9.47 Å². The molecule has 19 heavy (non-hydrogen) atoms. The Hall–Kier alpha value is -1.62. The van der Waals surface area contributed by atoms with E-state index in [2.05, 4.69) is 10.3 Å². The Kier molecular flexibility index (Phi) is 6.29. The summed E-state index contributed by atoms with van der Waals surface area (Å²) in [5.41, 5.74) is 0.929. The highest BCUT2D eigenvalue weighted by atomic mass is 32.2. The maximum atomic E-state index is 13.3. The van der Waals surface area contributed by atoms with Crippen LogP contribution in [0.1, 0.15) is 11.9 Å². The largest absolute Gasteiger partial charge is 0.352 e. The number of nitriles is 1. The van der Waals surface area contributed by atoms with E-state index in [1.54, 1.807) is 12.4 Å². The Morgan fingerprint density at radius 1 is 1.47 bits per heavy atom. The molecule has 1 aromatic rings. The molecule has 7 heteroatoms. The van der Waals surface area contributed by atoms with Crippen LogP contribution < -0.4 is 5.32 Å². The first-order chi connectivity index (χ1) is 9.15. The molecule has 0 amide bonds. The fraction of sp³-hybridized carbons (Fsp3) is 0.333. The van der Waals surface area contributed by atoms with Crippen molar-refractivity contribution >= 4 is 22.6 Å². The zero-order valence-corrected chi connectivity index (χ0v) is 11.6. The summed E-state index contributed by atoms with van der Waals surface area (Å²) in [6, 6.07) is 4.08. The van der Waals surface area contributed by atoms with E-state index in [1.807, 2.05) is 0 Å². The maximum Gasteiger partial charge on any atom is 0.185 e. The molecule has 0 spiro atoms. The molecular formula is C12H14FN3O2S. The fourth-order valence-corrected chi connectivity index (χ4v) is 1.79. The first-order valence-electron chi connectivity index (χ1n) is 5.29. The van der Waals surface area contributed by atoms with Crippen LogP contribution in [-0.4, -0.2) is 25.6 Å². The van der Waals surface area contributed by atoms with Crippen LogP contribution in [0.15, 0.2) is 23.2 Å². The van der Waals surface area contributed by atoms with Crippen molar-refractivity contribution in [2.45, 2.75) is 6.29 Å². The van der Waals surface area contributed by atoms with Gasteiger partial charge in [0, 0.05) is 19.8 Å². The third kappa shape index (κ3) is 4.21. The second kappa shape index (κ2) is 7.74. The fourth-order valence-electron chi connectivity index (χ4n) is 1.45. The van der Waals surface area contributed by atoms with Crippen LogP contribution in [0.2, 0.25) is 0 Å². The molecule has 1 aromatic carbocycles. The third-order valence-corrected chi connectivity index (χ3v) is 2.83. The van der Waals surface area contributed by atoms with Gasteiger partial charge in [-0.05, 0) is 24.5 Å². The second-order valence-electron chi connectivity index (χ2n) is 3.36. The molecule has 102 valence electrons. The molecule has 0 saturated carbocycles. The minimum Gasteiger partial charge on any atom is -0.352 e. The van der Waals surface area contributed by atoms with Crippen molar-refractivity contribution < 1.29 is 13.9 Å². The number of thioether (sulfide) groups is 1. The quantitative estimate of drug-likeness (QED) is 0.302. The van der Waals surface area contributed by atoms with Crippen molar-refractivity contribution in [2.24, 2.45) is 4.99 Å². The minimum absolute atomic E-state index is 0.404. The lowest BCUT2D eigenvalue weighted by Crippen LogP contribution is -2.13. The number of rotatable bonds is 4. The summed E-state index contributed by atoms with van der Waals surface area (Å²) in [7, 11) is 2.91. The van der Waals surface area contributed by atoms with E-state index in [-0.39, 0.29) is 0 Å². The molecule has 1 rings (SSSR count). The number of amidine groups is 1. The highest BCUT2D eigenvalue weighted by Crippen LogP contribution is 2.29. The molecule has 0 aliphatic rings. The van der Waals surface area contributed by atoms with Gasteiger partial charge in [-0.1, -0.05) is 11.8 Å². The molecule has 0 unspecified atom stereocenters. The lowest BCUT2D eigenvalue weighted by molar-refractivity contribution is -0.105. The smallest absolute Gasteiger partial charge is 0.185 e. The number of hydrogen-bond donors (Lipinski definition) is 1. The first-order valence-corrected chi connectivity index (χ1v) is 6.51. The van der Waals surface area contributed by atoms with Crippen molar-refractivity contribution in [3.05, 3.63) is 29.6 Å². The van der Waals surface area contributed by atoms with E-state index in [4.69, 9.17) is 14.7 Å². The number of benzene rings is 1. The first kappa shape index (κ1) is 15.4. The molecule has 0 fully saturated rings. The van der Waals surface area contributed by atoms with Gasteiger partial charge in [0.15, 0.2) is 17.7 Å². The van der Waals surface area contributed by atoms with Gasteiger partial charge >= 0.3 is 0 Å². The monoisotopic (exact) mass is 283 g/mol. The van der Waals surface area contributed by atoms with Crippen LogP contribution in [-0.2, 0) is 9.47 Å². The predicted molar refractivity (Wildman–Crippen MR) is 72.5 cm³/mol. The van der Waals surface area contributed by atoms with E-state index in [0.29, 0.717) is 16.4 Å². The normalized spacial score (nSPS) is 11.5. The number of ether oxygens (including phenoxy) is 2. The molecule has 0 heterocycles. The standard InChI is InChI=1S/C12H14FN3O2S/c1-17-11(18-2)9-6-8(13)4-5-10(9)16-12(19-3)15-7-14/h4-6,11H,1-3H3,(H,15,16). The highest BCUT2D eigenvalue weighted by Gasteiger charge is 2.15. The Morgan fingerprint density at radius 3 is 2.68 bits per heavy atom. The lowest BCUT2D eigenvalue weighted by Gasteiger charge is -2.16. The summed E-state index contributed by atoms with van der Waals surface area (Å²) in [6.07, 6.45) is 2.84. The molecule has 5 nitrogen and oxygen atoms in total.